The molecule has 2 aliphatic rings. The van der Waals surface area contributed by atoms with E-state index >= 15 is 0 Å². The summed E-state index contributed by atoms with van der Waals surface area (Å²) in [5.41, 5.74) is 3.00. The summed E-state index contributed by atoms with van der Waals surface area (Å²) in [6.45, 7) is 8.20. The number of piperidine rings is 1. The fourth-order valence-corrected chi connectivity index (χ4v) is 4.41. The molecule has 2 heterocycles. The highest BCUT2D eigenvalue weighted by atomic mass is 16.5. The van der Waals surface area contributed by atoms with E-state index in [0.717, 1.165) is 30.4 Å². The molecule has 2 aromatic carbocycles. The first-order chi connectivity index (χ1) is 16.5. The van der Waals surface area contributed by atoms with Crippen LogP contribution in [0.5, 0.6) is 11.5 Å². The number of methoxy groups -OCH3 is 2. The summed E-state index contributed by atoms with van der Waals surface area (Å²) in [7, 11) is 3.08. The van der Waals surface area contributed by atoms with E-state index in [-0.39, 0.29) is 24.1 Å². The van der Waals surface area contributed by atoms with Gasteiger partial charge in [0.1, 0.15) is 5.70 Å². The zero-order chi connectivity index (χ0) is 24.2. The molecule has 0 unspecified atom stereocenters. The molecule has 0 aromatic heterocycles. The maximum absolute atomic E-state index is 13.2. The van der Waals surface area contributed by atoms with Crippen molar-refractivity contribution in [3.8, 4) is 11.5 Å². The Balaban J connectivity index is 1.66. The number of hydrogen-bond donors (Lipinski definition) is 1. The number of nitrogens with zero attached hydrogens (tertiary/aromatic N) is 2. The Morgan fingerprint density at radius 3 is 2.29 bits per heavy atom. The van der Waals surface area contributed by atoms with E-state index in [1.807, 2.05) is 12.1 Å². The van der Waals surface area contributed by atoms with Crippen LogP contribution in [0.1, 0.15) is 25.3 Å². The number of hydrogen-bond acceptors (Lipinski definition) is 6. The van der Waals surface area contributed by atoms with E-state index in [4.69, 9.17) is 9.47 Å². The molecule has 4 rings (SSSR count). The van der Waals surface area contributed by atoms with Gasteiger partial charge in [-0.25, -0.2) is 0 Å². The second kappa shape index (κ2) is 10.0. The molecule has 0 radical (unpaired) electrons. The molecule has 2 aromatic rings. The maximum atomic E-state index is 13.2. The summed E-state index contributed by atoms with van der Waals surface area (Å²) >= 11 is 0. The second-order valence-corrected chi connectivity index (χ2v) is 8.67. The van der Waals surface area contributed by atoms with Crippen molar-refractivity contribution < 1.29 is 19.1 Å². The third-order valence-electron chi connectivity index (χ3n) is 6.44. The van der Waals surface area contributed by atoms with Gasteiger partial charge in [0.25, 0.3) is 11.8 Å². The Kier molecular flexibility index (Phi) is 6.91. The number of carbonyl (C=O) groups excluding carboxylic acids is 2. The van der Waals surface area contributed by atoms with Crippen LogP contribution in [0.3, 0.4) is 0 Å². The topological polar surface area (TPSA) is 71.1 Å². The largest absolute Gasteiger partial charge is 0.493 e. The first kappa shape index (κ1) is 23.4. The molecular weight excluding hydrogens is 430 g/mol. The number of nitrogens with one attached hydrogen (secondary N) is 1. The summed E-state index contributed by atoms with van der Waals surface area (Å²) in [6.07, 6.45) is 3.92. The number of rotatable bonds is 8. The lowest BCUT2D eigenvalue weighted by molar-refractivity contribution is -0.136. The van der Waals surface area contributed by atoms with Crippen molar-refractivity contribution in [2.75, 3.05) is 44.1 Å². The van der Waals surface area contributed by atoms with Gasteiger partial charge in [0.2, 0.25) is 0 Å². The molecule has 0 bridgehead atoms. The molecule has 2 amide bonds. The normalized spacial score (nSPS) is 16.8. The van der Waals surface area contributed by atoms with Gasteiger partial charge in [-0.05, 0) is 60.7 Å². The van der Waals surface area contributed by atoms with Crippen LogP contribution >= 0.6 is 0 Å². The molecule has 1 N–H and O–H groups in total. The third kappa shape index (κ3) is 4.51. The first-order valence-electron chi connectivity index (χ1n) is 11.5. The van der Waals surface area contributed by atoms with Crippen LogP contribution in [-0.4, -0.2) is 50.6 Å². The number of carbonyl (C=O) groups is 2. The zero-order valence-electron chi connectivity index (χ0n) is 20.0. The lowest BCUT2D eigenvalue weighted by atomic mass is 9.99. The van der Waals surface area contributed by atoms with Crippen molar-refractivity contribution in [1.82, 2.24) is 4.90 Å². The smallest absolute Gasteiger partial charge is 0.278 e. The minimum absolute atomic E-state index is 0.131. The van der Waals surface area contributed by atoms with Crippen LogP contribution in [0.15, 0.2) is 60.8 Å². The average molecular weight is 462 g/mol. The molecule has 7 heteroatoms. The van der Waals surface area contributed by atoms with E-state index < -0.39 is 0 Å². The van der Waals surface area contributed by atoms with Gasteiger partial charge in [0, 0.05) is 31.0 Å². The van der Waals surface area contributed by atoms with Crippen molar-refractivity contribution in [3.05, 3.63) is 66.4 Å². The highest BCUT2D eigenvalue weighted by Crippen LogP contribution is 2.36. The van der Waals surface area contributed by atoms with Crippen LogP contribution in [0.4, 0.5) is 11.4 Å². The van der Waals surface area contributed by atoms with Gasteiger partial charge in [0.05, 0.1) is 19.8 Å². The Hall–Kier alpha value is -3.74. The van der Waals surface area contributed by atoms with Gasteiger partial charge in [-0.3, -0.25) is 14.5 Å². The Bertz CT molecular complexity index is 1120. The molecule has 1 fully saturated rings. The van der Waals surface area contributed by atoms with Crippen molar-refractivity contribution in [3.63, 3.8) is 0 Å². The lowest BCUT2D eigenvalue weighted by Gasteiger charge is -2.32. The molecule has 0 spiro atoms. The summed E-state index contributed by atoms with van der Waals surface area (Å²) in [6, 6.07) is 13.2. The lowest BCUT2D eigenvalue weighted by Crippen LogP contribution is -2.32. The SMILES string of the molecule is C=CCN1C(=O)C(Nc2ccc(N3CCC(C)CC3)cc2)=C(c2ccc(OC)c(OC)c2)C1=O. The van der Waals surface area contributed by atoms with Gasteiger partial charge >= 0.3 is 0 Å². The zero-order valence-corrected chi connectivity index (χ0v) is 20.0. The van der Waals surface area contributed by atoms with Gasteiger partial charge in [-0.1, -0.05) is 19.1 Å². The summed E-state index contributed by atoms with van der Waals surface area (Å²) < 4.78 is 10.7. The van der Waals surface area contributed by atoms with Crippen molar-refractivity contribution >= 4 is 28.8 Å². The molecule has 178 valence electrons. The van der Waals surface area contributed by atoms with E-state index in [0.29, 0.717) is 22.6 Å². The minimum atomic E-state index is -0.385. The van der Waals surface area contributed by atoms with Crippen molar-refractivity contribution in [1.29, 1.82) is 0 Å². The standard InChI is InChI=1S/C27H31N3O4/c1-5-14-30-26(31)24(19-6-11-22(33-3)23(17-19)34-4)25(27(30)32)28-20-7-9-21(10-8-20)29-15-12-18(2)13-16-29/h5-11,17-18,28H,1,12-16H2,2-4H3. The maximum Gasteiger partial charge on any atom is 0.278 e. The Labute approximate surface area is 200 Å². The summed E-state index contributed by atoms with van der Waals surface area (Å²) in [4.78, 5) is 30.0. The molecule has 34 heavy (non-hydrogen) atoms. The van der Waals surface area contributed by atoms with Gasteiger partial charge < -0.3 is 19.7 Å². The van der Waals surface area contributed by atoms with Crippen LogP contribution in [0, 0.1) is 5.92 Å². The van der Waals surface area contributed by atoms with Gasteiger partial charge in [-0.15, -0.1) is 6.58 Å². The van der Waals surface area contributed by atoms with E-state index in [9.17, 15) is 9.59 Å². The predicted molar refractivity (Wildman–Crippen MR) is 134 cm³/mol. The number of ether oxygens (including phenoxy) is 2. The Morgan fingerprint density at radius 2 is 1.68 bits per heavy atom. The van der Waals surface area contributed by atoms with Crippen LogP contribution in [0.25, 0.3) is 5.57 Å². The van der Waals surface area contributed by atoms with Crippen molar-refractivity contribution in [2.45, 2.75) is 19.8 Å². The number of benzene rings is 2. The molecule has 0 saturated carbocycles. The molecule has 7 nitrogen and oxygen atoms in total. The quantitative estimate of drug-likeness (QED) is 0.466. The third-order valence-corrected chi connectivity index (χ3v) is 6.44. The van der Waals surface area contributed by atoms with E-state index in [1.54, 1.807) is 31.4 Å². The van der Waals surface area contributed by atoms with E-state index in [1.165, 1.54) is 24.9 Å². The monoisotopic (exact) mass is 461 g/mol. The summed E-state index contributed by atoms with van der Waals surface area (Å²) in [5, 5.41) is 3.20. The van der Waals surface area contributed by atoms with Crippen LogP contribution < -0.4 is 19.7 Å². The number of anilines is 2. The molecule has 0 aliphatic carbocycles. The van der Waals surface area contributed by atoms with E-state index in [2.05, 4.69) is 35.9 Å². The van der Waals surface area contributed by atoms with Gasteiger partial charge in [0.15, 0.2) is 11.5 Å². The number of imide groups is 1. The van der Waals surface area contributed by atoms with Gasteiger partial charge in [-0.2, -0.15) is 0 Å². The average Bonchev–Trinajstić information content (AvgIpc) is 3.09. The highest BCUT2D eigenvalue weighted by molar-refractivity contribution is 6.36. The molecule has 2 aliphatic heterocycles. The summed E-state index contributed by atoms with van der Waals surface area (Å²) in [5.74, 6) is 1.03. The fourth-order valence-electron chi connectivity index (χ4n) is 4.41. The predicted octanol–water partition coefficient (Wildman–Crippen LogP) is 4.32. The Morgan fingerprint density at radius 1 is 1.00 bits per heavy atom. The molecular formula is C27H31N3O4. The highest BCUT2D eigenvalue weighted by Gasteiger charge is 2.38. The minimum Gasteiger partial charge on any atom is -0.493 e. The molecule has 0 atom stereocenters. The van der Waals surface area contributed by atoms with Crippen LogP contribution in [0.2, 0.25) is 0 Å². The molecule has 1 saturated heterocycles. The van der Waals surface area contributed by atoms with Crippen molar-refractivity contribution in [2.24, 2.45) is 5.92 Å². The fraction of sp³-hybridized carbons (Fsp3) is 0.333. The van der Waals surface area contributed by atoms with Crippen LogP contribution in [-0.2, 0) is 9.59 Å². The first-order valence-corrected chi connectivity index (χ1v) is 11.5. The second-order valence-electron chi connectivity index (χ2n) is 8.67. The number of amides is 2.